The van der Waals surface area contributed by atoms with Crippen LogP contribution in [0.2, 0.25) is 0 Å². The molecule has 0 radical (unpaired) electrons. The molecule has 3 aromatic carbocycles. The van der Waals surface area contributed by atoms with Gasteiger partial charge in [-0.3, -0.25) is 14.9 Å². The molecule has 8 heteroatoms. The van der Waals surface area contributed by atoms with Crippen LogP contribution in [0.15, 0.2) is 84.9 Å². The Morgan fingerprint density at radius 1 is 1.00 bits per heavy atom. The highest BCUT2D eigenvalue weighted by Gasteiger charge is 2.18. The molecule has 0 atom stereocenters. The molecular weight excluding hydrogens is 399 g/mol. The van der Waals surface area contributed by atoms with Crippen molar-refractivity contribution < 1.29 is 14.1 Å². The summed E-state index contributed by atoms with van der Waals surface area (Å²) in [6.07, 6.45) is 0. The summed E-state index contributed by atoms with van der Waals surface area (Å²) in [5, 5.41) is 18.3. The first-order chi connectivity index (χ1) is 15.0. The molecule has 1 heterocycles. The van der Waals surface area contributed by atoms with Crippen molar-refractivity contribution >= 4 is 11.6 Å². The Labute approximate surface area is 176 Å². The molecule has 4 aromatic rings. The van der Waals surface area contributed by atoms with E-state index in [1.54, 1.807) is 18.2 Å². The number of benzene rings is 3. The molecular formula is C23H17FN4O3. The van der Waals surface area contributed by atoms with E-state index in [2.05, 4.69) is 10.4 Å². The summed E-state index contributed by atoms with van der Waals surface area (Å²) in [7, 11) is 0. The van der Waals surface area contributed by atoms with Crippen LogP contribution >= 0.6 is 0 Å². The summed E-state index contributed by atoms with van der Waals surface area (Å²) in [5.41, 5.74) is 2.75. The molecule has 0 saturated carbocycles. The number of aromatic nitrogens is 2. The summed E-state index contributed by atoms with van der Waals surface area (Å²) in [6.45, 7) is 0.334. The molecule has 4 rings (SSSR count). The number of nitrogens with one attached hydrogen (secondary N) is 1. The van der Waals surface area contributed by atoms with Gasteiger partial charge in [-0.05, 0) is 48.0 Å². The maximum absolute atomic E-state index is 13.4. The second-order valence-electron chi connectivity index (χ2n) is 6.78. The highest BCUT2D eigenvalue weighted by atomic mass is 19.1. The van der Waals surface area contributed by atoms with Gasteiger partial charge < -0.3 is 5.32 Å². The first kappa shape index (κ1) is 20.0. The lowest BCUT2D eigenvalue weighted by molar-refractivity contribution is -0.384. The number of carbonyl (C=O) groups is 1. The molecule has 0 unspecified atom stereocenters. The number of rotatable bonds is 6. The zero-order valence-corrected chi connectivity index (χ0v) is 16.2. The van der Waals surface area contributed by atoms with Crippen LogP contribution in [0.3, 0.4) is 0 Å². The monoisotopic (exact) mass is 416 g/mol. The minimum Gasteiger partial charge on any atom is -0.347 e. The van der Waals surface area contributed by atoms with E-state index in [1.807, 2.05) is 30.3 Å². The summed E-state index contributed by atoms with van der Waals surface area (Å²) in [4.78, 5) is 23.3. The molecule has 0 spiro atoms. The quantitative estimate of drug-likeness (QED) is 0.370. The van der Waals surface area contributed by atoms with Gasteiger partial charge in [0.1, 0.15) is 11.5 Å². The predicted molar refractivity (Wildman–Crippen MR) is 113 cm³/mol. The van der Waals surface area contributed by atoms with Crippen molar-refractivity contribution in [1.82, 2.24) is 15.1 Å². The number of amides is 1. The zero-order valence-electron chi connectivity index (χ0n) is 16.2. The number of nitro benzene ring substituents is 1. The Morgan fingerprint density at radius 3 is 2.32 bits per heavy atom. The lowest BCUT2D eigenvalue weighted by Gasteiger charge is -2.08. The van der Waals surface area contributed by atoms with Gasteiger partial charge in [0.25, 0.3) is 11.6 Å². The van der Waals surface area contributed by atoms with Crippen molar-refractivity contribution in [1.29, 1.82) is 0 Å². The molecule has 1 amide bonds. The molecule has 7 nitrogen and oxygen atoms in total. The number of carbonyl (C=O) groups excluding carboxylic acids is 1. The Bertz CT molecular complexity index is 1220. The van der Waals surface area contributed by atoms with Gasteiger partial charge in [-0.15, -0.1) is 0 Å². The second-order valence-corrected chi connectivity index (χ2v) is 6.78. The van der Waals surface area contributed by atoms with Crippen LogP contribution in [-0.2, 0) is 6.54 Å². The van der Waals surface area contributed by atoms with Gasteiger partial charge in [0.05, 0.1) is 16.3 Å². The largest absolute Gasteiger partial charge is 0.347 e. The average molecular weight is 416 g/mol. The van der Waals surface area contributed by atoms with Gasteiger partial charge in [-0.25, -0.2) is 9.07 Å². The molecule has 31 heavy (non-hydrogen) atoms. The summed E-state index contributed by atoms with van der Waals surface area (Å²) >= 11 is 0. The van der Waals surface area contributed by atoms with Crippen molar-refractivity contribution in [2.45, 2.75) is 6.54 Å². The van der Waals surface area contributed by atoms with Gasteiger partial charge in [-0.2, -0.15) is 5.10 Å². The summed E-state index contributed by atoms with van der Waals surface area (Å²) in [6, 6.07) is 22.6. The van der Waals surface area contributed by atoms with E-state index in [-0.39, 0.29) is 17.3 Å². The average Bonchev–Trinajstić information content (AvgIpc) is 3.24. The van der Waals surface area contributed by atoms with Crippen molar-refractivity contribution in [3.8, 4) is 16.9 Å². The Kier molecular flexibility index (Phi) is 5.53. The maximum atomic E-state index is 13.4. The van der Waals surface area contributed by atoms with Crippen LogP contribution in [0.25, 0.3) is 16.9 Å². The number of non-ortho nitro benzene ring substituents is 1. The van der Waals surface area contributed by atoms with Crippen LogP contribution in [0.5, 0.6) is 0 Å². The molecule has 0 aliphatic carbocycles. The van der Waals surface area contributed by atoms with Gasteiger partial charge in [0.2, 0.25) is 0 Å². The third kappa shape index (κ3) is 4.48. The van der Waals surface area contributed by atoms with Crippen molar-refractivity contribution in [2.75, 3.05) is 0 Å². The van der Waals surface area contributed by atoms with E-state index in [1.165, 1.54) is 41.1 Å². The minimum absolute atomic E-state index is 0.0393. The van der Waals surface area contributed by atoms with Crippen LogP contribution in [0.4, 0.5) is 10.1 Å². The van der Waals surface area contributed by atoms with Crippen LogP contribution < -0.4 is 5.32 Å². The molecule has 0 saturated heterocycles. The van der Waals surface area contributed by atoms with E-state index in [9.17, 15) is 19.3 Å². The third-order valence-electron chi connectivity index (χ3n) is 4.68. The first-order valence-corrected chi connectivity index (χ1v) is 9.44. The van der Waals surface area contributed by atoms with Crippen LogP contribution in [-0.4, -0.2) is 20.6 Å². The van der Waals surface area contributed by atoms with Gasteiger partial charge in [0, 0.05) is 24.2 Å². The van der Waals surface area contributed by atoms with Crippen molar-refractivity contribution in [2.24, 2.45) is 0 Å². The van der Waals surface area contributed by atoms with E-state index in [4.69, 9.17) is 0 Å². The van der Waals surface area contributed by atoms with Crippen LogP contribution in [0, 0.1) is 15.9 Å². The number of nitrogens with zero attached hydrogens (tertiary/aromatic N) is 3. The van der Waals surface area contributed by atoms with Crippen molar-refractivity contribution in [3.05, 3.63) is 112 Å². The maximum Gasteiger partial charge on any atom is 0.270 e. The number of halogens is 1. The predicted octanol–water partition coefficient (Wildman–Crippen LogP) is 4.52. The van der Waals surface area contributed by atoms with E-state index < -0.39 is 10.7 Å². The van der Waals surface area contributed by atoms with E-state index >= 15 is 0 Å². The number of hydrogen-bond donors (Lipinski definition) is 1. The van der Waals surface area contributed by atoms with E-state index in [0.29, 0.717) is 23.5 Å². The topological polar surface area (TPSA) is 90.1 Å². The molecule has 1 N–H and O–H groups in total. The van der Waals surface area contributed by atoms with Gasteiger partial charge >= 0.3 is 0 Å². The molecule has 0 aliphatic heterocycles. The third-order valence-corrected chi connectivity index (χ3v) is 4.68. The lowest BCUT2D eigenvalue weighted by atomic mass is 10.1. The normalized spacial score (nSPS) is 10.6. The number of nitro groups is 1. The standard InChI is InChI=1S/C23H17FN4O3/c24-18-8-12-19(13-9-18)27-22(23(29)25-15-16-4-2-1-3-5-16)14-21(26-27)17-6-10-20(11-7-17)28(30)31/h1-14H,15H2,(H,25,29). The fourth-order valence-corrected chi connectivity index (χ4v) is 3.09. The molecule has 154 valence electrons. The fraction of sp³-hybridized carbons (Fsp3) is 0.0435. The summed E-state index contributed by atoms with van der Waals surface area (Å²) < 4.78 is 14.8. The fourth-order valence-electron chi connectivity index (χ4n) is 3.09. The van der Waals surface area contributed by atoms with E-state index in [0.717, 1.165) is 5.56 Å². The lowest BCUT2D eigenvalue weighted by Crippen LogP contribution is -2.25. The van der Waals surface area contributed by atoms with Gasteiger partial charge in [-0.1, -0.05) is 30.3 Å². The smallest absolute Gasteiger partial charge is 0.270 e. The minimum atomic E-state index is -0.483. The second kappa shape index (κ2) is 8.58. The van der Waals surface area contributed by atoms with Crippen molar-refractivity contribution in [3.63, 3.8) is 0 Å². The highest BCUT2D eigenvalue weighted by Crippen LogP contribution is 2.24. The first-order valence-electron chi connectivity index (χ1n) is 9.44. The Balaban J connectivity index is 1.68. The molecule has 1 aromatic heterocycles. The Hall–Kier alpha value is -4.33. The molecule has 0 aliphatic rings. The van der Waals surface area contributed by atoms with Gasteiger partial charge in [0.15, 0.2) is 0 Å². The zero-order chi connectivity index (χ0) is 21.8. The van der Waals surface area contributed by atoms with Crippen LogP contribution in [0.1, 0.15) is 16.1 Å². The molecule has 0 bridgehead atoms. The SMILES string of the molecule is O=C(NCc1ccccc1)c1cc(-c2ccc([N+](=O)[O-])cc2)nn1-c1ccc(F)cc1. The summed E-state index contributed by atoms with van der Waals surface area (Å²) in [5.74, 6) is -0.754. The number of hydrogen-bond acceptors (Lipinski definition) is 4. The molecule has 0 fully saturated rings. The Morgan fingerprint density at radius 2 is 1.68 bits per heavy atom. The highest BCUT2D eigenvalue weighted by molar-refractivity contribution is 5.94.